The lowest BCUT2D eigenvalue weighted by molar-refractivity contribution is 0.00578. The largest absolute Gasteiger partial charge is 0.494 e. The van der Waals surface area contributed by atoms with Crippen molar-refractivity contribution in [2.75, 3.05) is 6.61 Å². The third-order valence-corrected chi connectivity index (χ3v) is 4.19. The van der Waals surface area contributed by atoms with Gasteiger partial charge in [0.25, 0.3) is 0 Å². The molecule has 0 radical (unpaired) electrons. The van der Waals surface area contributed by atoms with E-state index in [1.165, 1.54) is 0 Å². The third kappa shape index (κ3) is 2.86. The van der Waals surface area contributed by atoms with Gasteiger partial charge in [0.05, 0.1) is 17.8 Å². The van der Waals surface area contributed by atoms with Gasteiger partial charge in [0.1, 0.15) is 5.75 Å². The van der Waals surface area contributed by atoms with E-state index in [0.717, 1.165) is 29.8 Å². The van der Waals surface area contributed by atoms with Crippen LogP contribution in [-0.4, -0.2) is 24.9 Å². The Balaban J connectivity index is 2.17. The van der Waals surface area contributed by atoms with Gasteiger partial charge < -0.3 is 14.0 Å². The van der Waals surface area contributed by atoms with Crippen molar-refractivity contribution in [2.45, 2.75) is 59.2 Å². The minimum Gasteiger partial charge on any atom is -0.493 e. The predicted molar refractivity (Wildman–Crippen MR) is 82.7 cm³/mol. The van der Waals surface area contributed by atoms with Crippen LogP contribution in [0.25, 0.3) is 0 Å². The van der Waals surface area contributed by atoms with E-state index in [1.54, 1.807) is 0 Å². The molecule has 0 aromatic heterocycles. The van der Waals surface area contributed by atoms with Crippen LogP contribution in [0, 0.1) is 6.92 Å². The normalized spacial score (nSPS) is 20.2. The van der Waals surface area contributed by atoms with E-state index in [9.17, 15) is 0 Å². The number of ether oxygens (including phenoxy) is 1. The van der Waals surface area contributed by atoms with E-state index in [0.29, 0.717) is 0 Å². The van der Waals surface area contributed by atoms with Crippen LogP contribution >= 0.6 is 0 Å². The van der Waals surface area contributed by atoms with Gasteiger partial charge in [-0.15, -0.1) is 0 Å². The molecule has 0 atom stereocenters. The molecule has 3 nitrogen and oxygen atoms in total. The van der Waals surface area contributed by atoms with Crippen LogP contribution in [0.4, 0.5) is 0 Å². The summed E-state index contributed by atoms with van der Waals surface area (Å²) < 4.78 is 17.8. The molecule has 1 heterocycles. The molecule has 0 bridgehead atoms. The Morgan fingerprint density at radius 2 is 1.70 bits per heavy atom. The topological polar surface area (TPSA) is 27.7 Å². The maximum absolute atomic E-state index is 6.06. The summed E-state index contributed by atoms with van der Waals surface area (Å²) in [6, 6.07) is 6.12. The first-order valence-electron chi connectivity index (χ1n) is 7.36. The molecule has 0 amide bonds. The summed E-state index contributed by atoms with van der Waals surface area (Å²) in [6.07, 6.45) is 1.01. The third-order valence-electron chi connectivity index (χ3n) is 4.19. The zero-order valence-corrected chi connectivity index (χ0v) is 13.4. The quantitative estimate of drug-likeness (QED) is 0.791. The van der Waals surface area contributed by atoms with Gasteiger partial charge in [-0.1, -0.05) is 19.1 Å². The SMILES string of the molecule is CCCOc1ccc(B2OC(C)(C)C(C)(C)O2)cc1C. The smallest absolute Gasteiger partial charge is 0.493 e. The minimum absolute atomic E-state index is 0.303. The van der Waals surface area contributed by atoms with Crippen molar-refractivity contribution in [2.24, 2.45) is 0 Å². The van der Waals surface area contributed by atoms with E-state index in [2.05, 4.69) is 47.6 Å². The number of hydrogen-bond acceptors (Lipinski definition) is 3. The highest BCUT2D eigenvalue weighted by Crippen LogP contribution is 2.36. The van der Waals surface area contributed by atoms with E-state index in [-0.39, 0.29) is 18.3 Å². The molecule has 4 heteroatoms. The summed E-state index contributed by atoms with van der Waals surface area (Å²) >= 11 is 0. The fourth-order valence-electron chi connectivity index (χ4n) is 2.17. The van der Waals surface area contributed by atoms with Crippen LogP contribution in [0.1, 0.15) is 46.6 Å². The van der Waals surface area contributed by atoms with Gasteiger partial charge in [-0.3, -0.25) is 0 Å². The molecular weight excluding hydrogens is 251 g/mol. The summed E-state index contributed by atoms with van der Waals surface area (Å²) in [5.74, 6) is 0.937. The van der Waals surface area contributed by atoms with Crippen LogP contribution in [0.15, 0.2) is 18.2 Å². The molecule has 1 saturated heterocycles. The lowest BCUT2D eigenvalue weighted by Gasteiger charge is -2.32. The van der Waals surface area contributed by atoms with Crippen LogP contribution in [0.2, 0.25) is 0 Å². The molecule has 1 aliphatic rings. The monoisotopic (exact) mass is 276 g/mol. The maximum Gasteiger partial charge on any atom is 0.494 e. The second-order valence-electron chi connectivity index (χ2n) is 6.46. The standard InChI is InChI=1S/C16H25BO3/c1-7-10-18-14-9-8-13(11-12(14)2)17-19-15(3,4)16(5,6)20-17/h8-9,11H,7,10H2,1-6H3. The second-order valence-corrected chi connectivity index (χ2v) is 6.46. The first-order chi connectivity index (χ1) is 9.27. The minimum atomic E-state index is -0.307. The molecular formula is C16H25BO3. The van der Waals surface area contributed by atoms with Crippen LogP contribution in [-0.2, 0) is 9.31 Å². The summed E-state index contributed by atoms with van der Waals surface area (Å²) in [4.78, 5) is 0. The molecule has 1 aromatic carbocycles. The van der Waals surface area contributed by atoms with Crippen molar-refractivity contribution >= 4 is 12.6 Å². The van der Waals surface area contributed by atoms with Crippen molar-refractivity contribution in [3.63, 3.8) is 0 Å². The Morgan fingerprint density at radius 3 is 2.20 bits per heavy atom. The predicted octanol–water partition coefficient (Wildman–Crippen LogP) is 3.08. The lowest BCUT2D eigenvalue weighted by Crippen LogP contribution is -2.41. The van der Waals surface area contributed by atoms with Gasteiger partial charge in [-0.2, -0.15) is 0 Å². The van der Waals surface area contributed by atoms with E-state index >= 15 is 0 Å². The Morgan fingerprint density at radius 1 is 1.10 bits per heavy atom. The maximum atomic E-state index is 6.06. The van der Waals surface area contributed by atoms with Crippen molar-refractivity contribution in [3.05, 3.63) is 23.8 Å². The zero-order valence-electron chi connectivity index (χ0n) is 13.4. The molecule has 1 fully saturated rings. The zero-order chi connectivity index (χ0) is 15.0. The molecule has 0 saturated carbocycles. The van der Waals surface area contributed by atoms with Gasteiger partial charge in [-0.25, -0.2) is 0 Å². The Kier molecular flexibility index (Phi) is 4.17. The summed E-state index contributed by atoms with van der Waals surface area (Å²) in [6.45, 7) is 13.2. The van der Waals surface area contributed by atoms with Gasteiger partial charge in [0, 0.05) is 0 Å². The van der Waals surface area contributed by atoms with Crippen LogP contribution < -0.4 is 10.2 Å². The fourth-order valence-corrected chi connectivity index (χ4v) is 2.17. The van der Waals surface area contributed by atoms with E-state index in [4.69, 9.17) is 14.0 Å². The van der Waals surface area contributed by atoms with Crippen LogP contribution in [0.5, 0.6) is 5.75 Å². The molecule has 0 spiro atoms. The Bertz CT molecular complexity index is 467. The molecule has 110 valence electrons. The number of rotatable bonds is 4. The molecule has 1 aromatic rings. The van der Waals surface area contributed by atoms with Gasteiger partial charge >= 0.3 is 7.12 Å². The van der Waals surface area contributed by atoms with Crippen LogP contribution in [0.3, 0.4) is 0 Å². The van der Waals surface area contributed by atoms with E-state index in [1.807, 2.05) is 12.1 Å². The van der Waals surface area contributed by atoms with Crippen molar-refractivity contribution in [3.8, 4) is 5.75 Å². The molecule has 0 unspecified atom stereocenters. The average molecular weight is 276 g/mol. The van der Waals surface area contributed by atoms with Crippen molar-refractivity contribution < 1.29 is 14.0 Å². The molecule has 20 heavy (non-hydrogen) atoms. The molecule has 1 aliphatic heterocycles. The van der Waals surface area contributed by atoms with Crippen molar-refractivity contribution in [1.82, 2.24) is 0 Å². The summed E-state index contributed by atoms with van der Waals surface area (Å²) in [7, 11) is -0.307. The van der Waals surface area contributed by atoms with Gasteiger partial charge in [0.15, 0.2) is 0 Å². The second kappa shape index (κ2) is 5.42. The highest BCUT2D eigenvalue weighted by molar-refractivity contribution is 6.62. The molecule has 2 rings (SSSR count). The van der Waals surface area contributed by atoms with Crippen molar-refractivity contribution in [1.29, 1.82) is 0 Å². The number of benzene rings is 1. The van der Waals surface area contributed by atoms with Gasteiger partial charge in [0.2, 0.25) is 0 Å². The highest BCUT2D eigenvalue weighted by Gasteiger charge is 2.51. The molecule has 0 N–H and O–H groups in total. The lowest BCUT2D eigenvalue weighted by atomic mass is 9.78. The average Bonchev–Trinajstić information content (AvgIpc) is 2.57. The molecule has 0 aliphatic carbocycles. The first kappa shape index (κ1) is 15.4. The van der Waals surface area contributed by atoms with E-state index < -0.39 is 0 Å². The van der Waals surface area contributed by atoms with Gasteiger partial charge in [-0.05, 0) is 58.1 Å². The fraction of sp³-hybridized carbons (Fsp3) is 0.625. The summed E-state index contributed by atoms with van der Waals surface area (Å²) in [5.41, 5.74) is 1.56. The highest BCUT2D eigenvalue weighted by atomic mass is 16.7. The Labute approximate surface area is 122 Å². The summed E-state index contributed by atoms with van der Waals surface area (Å²) in [5, 5.41) is 0. The number of hydrogen-bond donors (Lipinski definition) is 0. The number of aryl methyl sites for hydroxylation is 1. The first-order valence-corrected chi connectivity index (χ1v) is 7.36. The Hall–Kier alpha value is -0.995.